The van der Waals surface area contributed by atoms with Gasteiger partial charge in [0.1, 0.15) is 13.1 Å². The molecular weight excluding hydrogens is 258 g/mol. The molecule has 4 N–H and O–H groups in total. The number of nitrogens with one attached hydrogen (secondary N) is 2. The van der Waals surface area contributed by atoms with E-state index in [4.69, 9.17) is 10.5 Å². The number of hydrogen-bond acceptors (Lipinski definition) is 3. The smallest absolute Gasteiger partial charge is 0.282 e. The van der Waals surface area contributed by atoms with Gasteiger partial charge >= 0.3 is 0 Å². The Morgan fingerprint density at radius 3 is 2.40 bits per heavy atom. The van der Waals surface area contributed by atoms with Crippen LogP contribution in [-0.2, 0) is 9.53 Å². The summed E-state index contributed by atoms with van der Waals surface area (Å²) >= 11 is 0. The number of ether oxygens (including phenoxy) is 1. The van der Waals surface area contributed by atoms with Gasteiger partial charge in [0.05, 0.1) is 13.2 Å². The minimum Gasteiger partial charge on any atom is -0.370 e. The number of carbonyl (C=O) groups is 2. The van der Waals surface area contributed by atoms with Gasteiger partial charge in [0, 0.05) is 11.3 Å². The van der Waals surface area contributed by atoms with Crippen LogP contribution in [0.2, 0.25) is 0 Å². The largest absolute Gasteiger partial charge is 0.370 e. The van der Waals surface area contributed by atoms with E-state index in [0.29, 0.717) is 24.5 Å². The molecule has 0 spiro atoms. The molecule has 20 heavy (non-hydrogen) atoms. The van der Waals surface area contributed by atoms with Gasteiger partial charge in [-0.25, -0.2) is 0 Å². The van der Waals surface area contributed by atoms with Gasteiger partial charge < -0.3 is 20.7 Å². The number of anilines is 1. The molecule has 1 atom stereocenters. The summed E-state index contributed by atoms with van der Waals surface area (Å²) in [7, 11) is 0. The number of amides is 2. The van der Waals surface area contributed by atoms with Crippen LogP contribution >= 0.6 is 0 Å². The number of rotatable bonds is 4. The highest BCUT2D eigenvalue weighted by Gasteiger charge is 2.26. The first kappa shape index (κ1) is 14.5. The maximum atomic E-state index is 12.2. The lowest BCUT2D eigenvalue weighted by molar-refractivity contribution is -0.921. The van der Waals surface area contributed by atoms with Crippen molar-refractivity contribution in [3.05, 3.63) is 29.8 Å². The minimum absolute atomic E-state index is 0.0336. The molecule has 2 rings (SSSR count). The highest BCUT2D eigenvalue weighted by atomic mass is 16.5. The minimum atomic E-state index is -0.478. The van der Waals surface area contributed by atoms with Crippen LogP contribution in [0.3, 0.4) is 0 Å². The molecule has 1 aromatic carbocycles. The number of morpholine rings is 1. The van der Waals surface area contributed by atoms with Gasteiger partial charge in [0.2, 0.25) is 5.91 Å². The molecule has 6 heteroatoms. The molecule has 0 unspecified atom stereocenters. The predicted molar refractivity (Wildman–Crippen MR) is 74.6 cm³/mol. The van der Waals surface area contributed by atoms with E-state index in [1.807, 2.05) is 6.92 Å². The highest BCUT2D eigenvalue weighted by molar-refractivity contribution is 5.95. The molecule has 6 nitrogen and oxygen atoms in total. The number of carbonyl (C=O) groups excluding carboxylic acids is 2. The zero-order valence-corrected chi connectivity index (χ0v) is 11.5. The van der Waals surface area contributed by atoms with Gasteiger partial charge in [0.25, 0.3) is 5.91 Å². The maximum Gasteiger partial charge on any atom is 0.282 e. The first-order valence-corrected chi connectivity index (χ1v) is 6.71. The van der Waals surface area contributed by atoms with E-state index >= 15 is 0 Å². The van der Waals surface area contributed by atoms with Crippen molar-refractivity contribution in [2.75, 3.05) is 31.6 Å². The third kappa shape index (κ3) is 3.55. The molecular formula is C14H20N3O3+. The number of quaternary nitrogens is 1. The van der Waals surface area contributed by atoms with Gasteiger partial charge in [-0.3, -0.25) is 9.59 Å². The van der Waals surface area contributed by atoms with Crippen molar-refractivity contribution in [3.63, 3.8) is 0 Å². The van der Waals surface area contributed by atoms with E-state index in [0.717, 1.165) is 13.1 Å². The Hall–Kier alpha value is -1.92. The molecule has 2 amide bonds. The number of nitrogens with two attached hydrogens (primary N) is 1. The van der Waals surface area contributed by atoms with Crippen molar-refractivity contribution in [2.45, 2.75) is 13.0 Å². The topological polar surface area (TPSA) is 85.9 Å². The van der Waals surface area contributed by atoms with E-state index < -0.39 is 5.91 Å². The van der Waals surface area contributed by atoms with E-state index in [1.54, 1.807) is 24.3 Å². The van der Waals surface area contributed by atoms with E-state index in [9.17, 15) is 9.59 Å². The molecule has 1 aromatic rings. The fourth-order valence-corrected chi connectivity index (χ4v) is 2.22. The standard InChI is InChI=1S/C14H19N3O3/c1-10(17-6-8-20-9-7-17)14(19)16-12-4-2-11(3-5-12)13(15)18/h2-5,10H,6-9H2,1H3,(H2,15,18)(H,16,19)/p+1/t10-/m0/s1. The molecule has 108 valence electrons. The fraction of sp³-hybridized carbons (Fsp3) is 0.429. The number of hydrogen-bond donors (Lipinski definition) is 3. The van der Waals surface area contributed by atoms with Crippen molar-refractivity contribution in [1.29, 1.82) is 0 Å². The van der Waals surface area contributed by atoms with Crippen molar-refractivity contribution in [3.8, 4) is 0 Å². The Kier molecular flexibility index (Phi) is 4.70. The lowest BCUT2D eigenvalue weighted by Gasteiger charge is -2.28. The maximum absolute atomic E-state index is 12.2. The summed E-state index contributed by atoms with van der Waals surface area (Å²) in [6.07, 6.45) is 0. The van der Waals surface area contributed by atoms with E-state index in [1.165, 1.54) is 4.90 Å². The monoisotopic (exact) mass is 278 g/mol. The van der Waals surface area contributed by atoms with Crippen LogP contribution in [0.5, 0.6) is 0 Å². The Morgan fingerprint density at radius 2 is 1.85 bits per heavy atom. The second-order valence-electron chi connectivity index (χ2n) is 4.92. The first-order chi connectivity index (χ1) is 9.58. The van der Waals surface area contributed by atoms with Gasteiger partial charge in [-0.1, -0.05) is 0 Å². The molecule has 1 heterocycles. The Labute approximate surface area is 117 Å². The lowest BCUT2D eigenvalue weighted by Crippen LogP contribution is -3.18. The normalized spacial score (nSPS) is 17.4. The zero-order valence-electron chi connectivity index (χ0n) is 11.5. The molecule has 1 aliphatic rings. The molecule has 1 fully saturated rings. The SMILES string of the molecule is C[C@@H](C(=O)Nc1ccc(C(N)=O)cc1)[NH+]1CCOCC1. The quantitative estimate of drug-likeness (QED) is 0.662. The number of benzene rings is 1. The third-order valence-corrected chi connectivity index (χ3v) is 3.58. The molecule has 0 bridgehead atoms. The second kappa shape index (κ2) is 6.49. The van der Waals surface area contributed by atoms with Gasteiger partial charge in [-0.15, -0.1) is 0 Å². The molecule has 0 saturated carbocycles. The highest BCUT2D eigenvalue weighted by Crippen LogP contribution is 2.09. The second-order valence-corrected chi connectivity index (χ2v) is 4.92. The van der Waals surface area contributed by atoms with Crippen LogP contribution < -0.4 is 16.0 Å². The molecule has 0 radical (unpaired) electrons. The first-order valence-electron chi connectivity index (χ1n) is 6.71. The van der Waals surface area contributed by atoms with Crippen LogP contribution in [-0.4, -0.2) is 44.2 Å². The van der Waals surface area contributed by atoms with Crippen LogP contribution in [0.15, 0.2) is 24.3 Å². The van der Waals surface area contributed by atoms with Crippen molar-refractivity contribution in [1.82, 2.24) is 0 Å². The van der Waals surface area contributed by atoms with Crippen molar-refractivity contribution >= 4 is 17.5 Å². The molecule has 1 saturated heterocycles. The Balaban J connectivity index is 1.94. The fourth-order valence-electron chi connectivity index (χ4n) is 2.22. The van der Waals surface area contributed by atoms with Gasteiger partial charge in [-0.2, -0.15) is 0 Å². The summed E-state index contributed by atoms with van der Waals surface area (Å²) in [5.41, 5.74) is 6.26. The summed E-state index contributed by atoms with van der Waals surface area (Å²) in [6.45, 7) is 4.98. The predicted octanol–water partition coefficient (Wildman–Crippen LogP) is -0.972. The van der Waals surface area contributed by atoms with Crippen LogP contribution in [0.4, 0.5) is 5.69 Å². The van der Waals surface area contributed by atoms with Crippen molar-refractivity contribution < 1.29 is 19.2 Å². The summed E-state index contributed by atoms with van der Waals surface area (Å²) in [5, 5.41) is 2.85. The van der Waals surface area contributed by atoms with Crippen LogP contribution in [0, 0.1) is 0 Å². The van der Waals surface area contributed by atoms with Crippen molar-refractivity contribution in [2.24, 2.45) is 5.73 Å². The summed E-state index contributed by atoms with van der Waals surface area (Å²) in [6, 6.07) is 6.43. The Bertz CT molecular complexity index is 481. The third-order valence-electron chi connectivity index (χ3n) is 3.58. The summed E-state index contributed by atoms with van der Waals surface area (Å²) in [4.78, 5) is 24.4. The molecule has 0 aromatic heterocycles. The molecule has 1 aliphatic heterocycles. The lowest BCUT2D eigenvalue weighted by atomic mass is 10.2. The van der Waals surface area contributed by atoms with E-state index in [2.05, 4.69) is 5.32 Å². The summed E-state index contributed by atoms with van der Waals surface area (Å²) in [5.74, 6) is -0.511. The van der Waals surface area contributed by atoms with Crippen LogP contribution in [0.25, 0.3) is 0 Å². The van der Waals surface area contributed by atoms with Gasteiger partial charge in [0.15, 0.2) is 6.04 Å². The average Bonchev–Trinajstić information content (AvgIpc) is 2.48. The van der Waals surface area contributed by atoms with Crippen LogP contribution in [0.1, 0.15) is 17.3 Å². The number of primary amides is 1. The molecule has 0 aliphatic carbocycles. The van der Waals surface area contributed by atoms with Gasteiger partial charge in [-0.05, 0) is 31.2 Å². The summed E-state index contributed by atoms with van der Waals surface area (Å²) < 4.78 is 5.29. The Morgan fingerprint density at radius 1 is 1.25 bits per heavy atom. The average molecular weight is 278 g/mol. The zero-order chi connectivity index (χ0) is 14.5. The van der Waals surface area contributed by atoms with E-state index in [-0.39, 0.29) is 11.9 Å².